The first-order valence-corrected chi connectivity index (χ1v) is 9.60. The van der Waals surface area contributed by atoms with Gasteiger partial charge in [0.2, 0.25) is 0 Å². The van der Waals surface area contributed by atoms with Crippen LogP contribution in [0.15, 0.2) is 0 Å². The lowest BCUT2D eigenvalue weighted by atomic mass is 9.39. The molecule has 0 amide bonds. The minimum atomic E-state index is -0.650. The van der Waals surface area contributed by atoms with Gasteiger partial charge in [0.25, 0.3) is 0 Å². The summed E-state index contributed by atoms with van der Waals surface area (Å²) >= 11 is 0. The molecule has 0 radical (unpaired) electrons. The average molecular weight is 318 g/mol. The Morgan fingerprint density at radius 2 is 1.74 bits per heavy atom. The Hall–Kier alpha value is -0.570. The van der Waals surface area contributed by atoms with E-state index in [0.717, 1.165) is 31.1 Å². The molecule has 0 aromatic carbocycles. The Labute approximate surface area is 138 Å². The number of carbonyl (C=O) groups is 1. The van der Waals surface area contributed by atoms with E-state index in [9.17, 15) is 15.0 Å². The number of carboxylic acid groups (broad SMARTS) is 1. The third-order valence-electron chi connectivity index (χ3n) is 9.95. The summed E-state index contributed by atoms with van der Waals surface area (Å²) in [7, 11) is 0. The SMILES string of the molecule is C[C@@]12CCC[C@](C)(C(=O)O)[C@H]1C[C@H](O)[C@@]13CC4[C@@H](C[C@@H]21)[C@@]4(C)C3. The van der Waals surface area contributed by atoms with Gasteiger partial charge in [-0.15, -0.1) is 0 Å². The predicted octanol–water partition coefficient (Wildman–Crippen LogP) is 3.70. The molecule has 6 saturated carbocycles. The number of aliphatic hydroxyl groups excluding tert-OH is 1. The molecule has 23 heavy (non-hydrogen) atoms. The van der Waals surface area contributed by atoms with E-state index in [2.05, 4.69) is 13.8 Å². The van der Waals surface area contributed by atoms with Crippen molar-refractivity contribution in [1.29, 1.82) is 0 Å². The van der Waals surface area contributed by atoms with Gasteiger partial charge in [0.15, 0.2) is 0 Å². The first-order valence-electron chi connectivity index (χ1n) is 9.60. The van der Waals surface area contributed by atoms with Crippen LogP contribution in [0.4, 0.5) is 0 Å². The van der Waals surface area contributed by atoms with E-state index in [1.165, 1.54) is 19.3 Å². The van der Waals surface area contributed by atoms with Crippen LogP contribution >= 0.6 is 0 Å². The first-order chi connectivity index (χ1) is 10.7. The quantitative estimate of drug-likeness (QED) is 0.775. The average Bonchev–Trinajstić information content (AvgIpc) is 2.93. The van der Waals surface area contributed by atoms with Crippen molar-refractivity contribution in [2.75, 3.05) is 0 Å². The Morgan fingerprint density at radius 1 is 1.00 bits per heavy atom. The van der Waals surface area contributed by atoms with Crippen molar-refractivity contribution in [2.45, 2.75) is 71.8 Å². The highest BCUT2D eigenvalue weighted by atomic mass is 16.4. The Balaban J connectivity index is 1.60. The van der Waals surface area contributed by atoms with Crippen LogP contribution in [0.25, 0.3) is 0 Å². The minimum Gasteiger partial charge on any atom is -0.481 e. The smallest absolute Gasteiger partial charge is 0.309 e. The van der Waals surface area contributed by atoms with E-state index in [-0.39, 0.29) is 22.9 Å². The molecule has 3 heteroatoms. The Kier molecular flexibility index (Phi) is 2.45. The Morgan fingerprint density at radius 3 is 2.35 bits per heavy atom. The molecule has 1 spiro atoms. The second-order valence-corrected chi connectivity index (χ2v) is 10.5. The largest absolute Gasteiger partial charge is 0.481 e. The summed E-state index contributed by atoms with van der Waals surface area (Å²) in [5, 5.41) is 21.1. The monoisotopic (exact) mass is 318 g/mol. The molecule has 0 heterocycles. The fraction of sp³-hybridized carbons (Fsp3) is 0.950. The maximum Gasteiger partial charge on any atom is 0.309 e. The second-order valence-electron chi connectivity index (χ2n) is 10.5. The number of rotatable bonds is 1. The third-order valence-corrected chi connectivity index (χ3v) is 9.95. The summed E-state index contributed by atoms with van der Waals surface area (Å²) in [5.74, 6) is 1.74. The van der Waals surface area contributed by atoms with Crippen LogP contribution in [0.1, 0.15) is 65.7 Å². The summed E-state index contributed by atoms with van der Waals surface area (Å²) in [6.07, 6.45) is 7.06. The molecular weight excluding hydrogens is 288 g/mol. The summed E-state index contributed by atoms with van der Waals surface area (Å²) < 4.78 is 0. The molecule has 0 saturated heterocycles. The number of hydrogen-bond donors (Lipinski definition) is 2. The zero-order valence-electron chi connectivity index (χ0n) is 14.6. The standard InChI is InChI=1S/C20H30O3/c1-17-5-4-6-18(2,16(22)23)13(17)8-15(21)20-9-12-11(7-14(17)20)19(12,3)10-20/h11-15,21H,4-10H2,1-3H3,(H,22,23)/t11-,12?,13+,14+,15+,17-,18+,19-,20-/m1/s1. The molecule has 6 rings (SSSR count). The first kappa shape index (κ1) is 14.7. The fourth-order valence-electron chi connectivity index (χ4n) is 8.77. The predicted molar refractivity (Wildman–Crippen MR) is 86.7 cm³/mol. The minimum absolute atomic E-state index is 0.107. The number of fused-ring (bicyclic) bond motifs is 1. The molecule has 2 N–H and O–H groups in total. The van der Waals surface area contributed by atoms with Crippen LogP contribution in [-0.2, 0) is 4.79 Å². The lowest BCUT2D eigenvalue weighted by Crippen LogP contribution is -2.64. The molecular formula is C20H30O3. The summed E-state index contributed by atoms with van der Waals surface area (Å²) in [6, 6.07) is 0. The lowest BCUT2D eigenvalue weighted by molar-refractivity contribution is -0.219. The maximum absolute atomic E-state index is 12.1. The fourth-order valence-corrected chi connectivity index (χ4v) is 8.77. The zero-order valence-corrected chi connectivity index (χ0v) is 14.6. The molecule has 0 aliphatic heterocycles. The van der Waals surface area contributed by atoms with Crippen LogP contribution in [0.5, 0.6) is 0 Å². The summed E-state index contributed by atoms with van der Waals surface area (Å²) in [5.41, 5.74) is 0.0736. The van der Waals surface area contributed by atoms with Gasteiger partial charge in [-0.05, 0) is 80.0 Å². The second kappa shape index (κ2) is 3.81. The van der Waals surface area contributed by atoms with Gasteiger partial charge in [0.05, 0.1) is 11.5 Å². The van der Waals surface area contributed by atoms with Gasteiger partial charge in [0.1, 0.15) is 0 Å². The van der Waals surface area contributed by atoms with Gasteiger partial charge in [0, 0.05) is 5.41 Å². The number of carboxylic acids is 1. The van der Waals surface area contributed by atoms with Crippen molar-refractivity contribution in [3.8, 4) is 0 Å². The molecule has 4 bridgehead atoms. The zero-order chi connectivity index (χ0) is 16.4. The lowest BCUT2D eigenvalue weighted by Gasteiger charge is -2.66. The third kappa shape index (κ3) is 1.38. The maximum atomic E-state index is 12.1. The van der Waals surface area contributed by atoms with E-state index in [4.69, 9.17) is 0 Å². The van der Waals surface area contributed by atoms with E-state index in [1.54, 1.807) is 0 Å². The molecule has 0 aromatic rings. The van der Waals surface area contributed by atoms with Gasteiger partial charge >= 0.3 is 5.97 Å². The van der Waals surface area contributed by atoms with E-state index < -0.39 is 11.4 Å². The van der Waals surface area contributed by atoms with Crippen molar-refractivity contribution in [3.05, 3.63) is 0 Å². The Bertz CT molecular complexity index is 602. The van der Waals surface area contributed by atoms with Crippen molar-refractivity contribution < 1.29 is 15.0 Å². The van der Waals surface area contributed by atoms with Crippen molar-refractivity contribution >= 4 is 5.97 Å². The molecule has 9 atom stereocenters. The summed E-state index contributed by atoms with van der Waals surface area (Å²) in [6.45, 7) is 6.78. The topological polar surface area (TPSA) is 57.5 Å². The number of aliphatic hydroxyl groups is 1. The van der Waals surface area contributed by atoms with Crippen molar-refractivity contribution in [1.82, 2.24) is 0 Å². The number of hydrogen-bond acceptors (Lipinski definition) is 2. The molecule has 1 unspecified atom stereocenters. The van der Waals surface area contributed by atoms with Gasteiger partial charge in [-0.2, -0.15) is 0 Å². The molecule has 6 aliphatic carbocycles. The molecule has 128 valence electrons. The molecule has 3 nitrogen and oxygen atoms in total. The van der Waals surface area contributed by atoms with Crippen LogP contribution in [-0.4, -0.2) is 22.3 Å². The highest BCUT2D eigenvalue weighted by Crippen LogP contribution is 2.85. The van der Waals surface area contributed by atoms with Crippen LogP contribution in [0.2, 0.25) is 0 Å². The summed E-state index contributed by atoms with van der Waals surface area (Å²) in [4.78, 5) is 12.1. The van der Waals surface area contributed by atoms with E-state index in [0.29, 0.717) is 17.8 Å². The molecule has 6 aliphatic rings. The van der Waals surface area contributed by atoms with Gasteiger partial charge < -0.3 is 10.2 Å². The van der Waals surface area contributed by atoms with Crippen LogP contribution < -0.4 is 0 Å². The molecule has 0 aromatic heterocycles. The van der Waals surface area contributed by atoms with Gasteiger partial charge in [-0.3, -0.25) is 4.79 Å². The van der Waals surface area contributed by atoms with Crippen molar-refractivity contribution in [2.24, 2.45) is 45.3 Å². The van der Waals surface area contributed by atoms with E-state index >= 15 is 0 Å². The normalized spacial score (nSPS) is 65.7. The highest BCUT2D eigenvalue weighted by Gasteiger charge is 2.80. The van der Waals surface area contributed by atoms with Crippen LogP contribution in [0, 0.1) is 45.3 Å². The highest BCUT2D eigenvalue weighted by molar-refractivity contribution is 5.75. The van der Waals surface area contributed by atoms with Gasteiger partial charge in [-0.25, -0.2) is 0 Å². The molecule has 6 fully saturated rings. The van der Waals surface area contributed by atoms with E-state index in [1.807, 2.05) is 6.92 Å². The van der Waals surface area contributed by atoms with Crippen molar-refractivity contribution in [3.63, 3.8) is 0 Å². The van der Waals surface area contributed by atoms with Crippen LogP contribution in [0.3, 0.4) is 0 Å². The van der Waals surface area contributed by atoms with Gasteiger partial charge in [-0.1, -0.05) is 20.3 Å². The number of aliphatic carboxylic acids is 1.